The molecule has 1 aromatic heterocycles. The number of fused-ring (bicyclic) bond motifs is 1. The van der Waals surface area contributed by atoms with Crippen molar-refractivity contribution in [3.8, 4) is 0 Å². The average Bonchev–Trinajstić information content (AvgIpc) is 2.73. The lowest BCUT2D eigenvalue weighted by molar-refractivity contribution is 0.0997. The van der Waals surface area contributed by atoms with Gasteiger partial charge in [0.15, 0.2) is 11.2 Å². The molecule has 168 valence electrons. The molecule has 1 saturated heterocycles. The number of anilines is 1. The van der Waals surface area contributed by atoms with Gasteiger partial charge in [0.2, 0.25) is 10.0 Å². The zero-order valence-electron chi connectivity index (χ0n) is 18.3. The molecule has 0 unspecified atom stereocenters. The first-order valence-electron chi connectivity index (χ1n) is 10.6. The monoisotopic (exact) mass is 454 g/mol. The maximum atomic E-state index is 13.0. The van der Waals surface area contributed by atoms with Gasteiger partial charge in [0.05, 0.1) is 10.3 Å². The van der Waals surface area contributed by atoms with Crippen LogP contribution in [0, 0.1) is 13.8 Å². The first-order valence-corrected chi connectivity index (χ1v) is 12.1. The van der Waals surface area contributed by atoms with Crippen molar-refractivity contribution >= 4 is 32.6 Å². The number of piperidine rings is 1. The lowest BCUT2D eigenvalue weighted by Gasteiger charge is -2.32. The molecule has 1 fully saturated rings. The standard InChI is InChI=1S/C24H26N2O5S/c1-15-12-16(2)23-20(27)14-22(31-21(23)13-15)24(28)25-18-7-9-19(10-8-18)32(29,30)26-11-5-4-6-17(26)3/h7-10,12-14,17H,4-6,11H2,1-3H3,(H,25,28)/t17-/m0/s1. The minimum atomic E-state index is -3.59. The fraction of sp³-hybridized carbons (Fsp3) is 0.333. The SMILES string of the molecule is Cc1cc(C)c2c(=O)cc(C(=O)Nc3ccc(S(=O)(=O)N4CCCC[C@@H]4C)cc3)oc2c1. The average molecular weight is 455 g/mol. The zero-order chi connectivity index (χ0) is 23.0. The number of carbonyl (C=O) groups is 1. The topological polar surface area (TPSA) is 96.7 Å². The number of carbonyl (C=O) groups excluding carboxylic acids is 1. The molecule has 0 aliphatic carbocycles. The van der Waals surface area contributed by atoms with Crippen LogP contribution in [0.1, 0.15) is 47.9 Å². The molecule has 32 heavy (non-hydrogen) atoms. The molecule has 1 atom stereocenters. The van der Waals surface area contributed by atoms with Crippen molar-refractivity contribution in [1.82, 2.24) is 4.31 Å². The predicted molar refractivity (Wildman–Crippen MR) is 124 cm³/mol. The van der Waals surface area contributed by atoms with E-state index in [1.165, 1.54) is 34.6 Å². The van der Waals surface area contributed by atoms with Gasteiger partial charge >= 0.3 is 0 Å². The Kier molecular flexibility index (Phi) is 5.92. The van der Waals surface area contributed by atoms with Crippen LogP contribution in [0.2, 0.25) is 0 Å². The van der Waals surface area contributed by atoms with E-state index in [4.69, 9.17) is 4.42 Å². The van der Waals surface area contributed by atoms with Crippen LogP contribution in [0.5, 0.6) is 0 Å². The molecule has 1 N–H and O–H groups in total. The van der Waals surface area contributed by atoms with Gasteiger partial charge in [-0.15, -0.1) is 0 Å². The van der Waals surface area contributed by atoms with Gasteiger partial charge in [-0.2, -0.15) is 4.31 Å². The Labute approximate surface area is 187 Å². The summed E-state index contributed by atoms with van der Waals surface area (Å²) in [6.07, 6.45) is 2.74. The number of nitrogens with one attached hydrogen (secondary N) is 1. The number of nitrogens with zero attached hydrogens (tertiary/aromatic N) is 1. The van der Waals surface area contributed by atoms with Crippen LogP contribution in [0.4, 0.5) is 5.69 Å². The second kappa shape index (κ2) is 8.52. The molecule has 2 aromatic carbocycles. The van der Waals surface area contributed by atoms with E-state index in [2.05, 4.69) is 5.32 Å². The van der Waals surface area contributed by atoms with Gasteiger partial charge in [-0.25, -0.2) is 8.42 Å². The molecule has 1 amide bonds. The Morgan fingerprint density at radius 1 is 1.09 bits per heavy atom. The summed E-state index contributed by atoms with van der Waals surface area (Å²) in [5.74, 6) is -0.685. The summed E-state index contributed by atoms with van der Waals surface area (Å²) in [6.45, 7) is 6.15. The first kappa shape index (κ1) is 22.2. The van der Waals surface area contributed by atoms with E-state index < -0.39 is 15.9 Å². The minimum absolute atomic E-state index is 0.0313. The maximum absolute atomic E-state index is 13.0. The summed E-state index contributed by atoms with van der Waals surface area (Å²) in [5, 5.41) is 3.12. The van der Waals surface area contributed by atoms with E-state index in [1.54, 1.807) is 6.07 Å². The molecule has 3 aromatic rings. The fourth-order valence-electron chi connectivity index (χ4n) is 4.24. The normalized spacial score (nSPS) is 17.4. The highest BCUT2D eigenvalue weighted by molar-refractivity contribution is 7.89. The molecule has 7 nitrogen and oxygen atoms in total. The van der Waals surface area contributed by atoms with Crippen LogP contribution in [-0.4, -0.2) is 31.2 Å². The largest absolute Gasteiger partial charge is 0.451 e. The molecule has 8 heteroatoms. The third kappa shape index (κ3) is 4.20. The lowest BCUT2D eigenvalue weighted by Crippen LogP contribution is -2.41. The molecule has 0 radical (unpaired) electrons. The third-order valence-electron chi connectivity index (χ3n) is 5.86. The van der Waals surface area contributed by atoms with Gasteiger partial charge in [-0.1, -0.05) is 12.5 Å². The fourth-order valence-corrected chi connectivity index (χ4v) is 5.94. The van der Waals surface area contributed by atoms with E-state index >= 15 is 0 Å². The first-order chi connectivity index (χ1) is 15.2. The Morgan fingerprint density at radius 3 is 2.50 bits per heavy atom. The molecule has 1 aliphatic rings. The number of hydrogen-bond donors (Lipinski definition) is 1. The molecule has 4 rings (SSSR count). The predicted octanol–water partition coefficient (Wildman–Crippen LogP) is 4.23. The van der Waals surface area contributed by atoms with Crippen molar-refractivity contribution in [1.29, 1.82) is 0 Å². The number of sulfonamides is 1. The highest BCUT2D eigenvalue weighted by atomic mass is 32.2. The van der Waals surface area contributed by atoms with Crippen molar-refractivity contribution in [3.63, 3.8) is 0 Å². The number of hydrogen-bond acceptors (Lipinski definition) is 5. The summed E-state index contributed by atoms with van der Waals surface area (Å²) in [7, 11) is -3.59. The van der Waals surface area contributed by atoms with Gasteiger partial charge in [-0.05, 0) is 75.1 Å². The van der Waals surface area contributed by atoms with E-state index in [1.807, 2.05) is 26.8 Å². The van der Waals surface area contributed by atoms with Crippen LogP contribution in [0.3, 0.4) is 0 Å². The Bertz CT molecular complexity index is 1340. The van der Waals surface area contributed by atoms with Crippen LogP contribution in [0.25, 0.3) is 11.0 Å². The highest BCUT2D eigenvalue weighted by Gasteiger charge is 2.30. The van der Waals surface area contributed by atoms with Crippen molar-refractivity contribution in [2.45, 2.75) is 51.0 Å². The summed E-state index contributed by atoms with van der Waals surface area (Å²) in [6, 6.07) is 10.8. The second-order valence-electron chi connectivity index (χ2n) is 8.37. The van der Waals surface area contributed by atoms with Crippen molar-refractivity contribution in [2.24, 2.45) is 0 Å². The summed E-state index contributed by atoms with van der Waals surface area (Å²) in [5.41, 5.74) is 2.20. The van der Waals surface area contributed by atoms with Crippen molar-refractivity contribution in [3.05, 3.63) is 69.6 Å². The summed E-state index contributed by atoms with van der Waals surface area (Å²) >= 11 is 0. The minimum Gasteiger partial charge on any atom is -0.451 e. The highest BCUT2D eigenvalue weighted by Crippen LogP contribution is 2.26. The van der Waals surface area contributed by atoms with Crippen molar-refractivity contribution in [2.75, 3.05) is 11.9 Å². The molecule has 0 saturated carbocycles. The van der Waals surface area contributed by atoms with Crippen LogP contribution in [-0.2, 0) is 10.0 Å². The van der Waals surface area contributed by atoms with E-state index in [-0.39, 0.29) is 22.1 Å². The zero-order valence-corrected chi connectivity index (χ0v) is 19.2. The van der Waals surface area contributed by atoms with Crippen molar-refractivity contribution < 1.29 is 17.6 Å². The van der Waals surface area contributed by atoms with E-state index in [9.17, 15) is 18.0 Å². The Balaban J connectivity index is 1.56. The molecule has 1 aliphatic heterocycles. The lowest BCUT2D eigenvalue weighted by atomic mass is 10.1. The molecule has 0 bridgehead atoms. The van der Waals surface area contributed by atoms with Crippen LogP contribution in [0.15, 0.2) is 56.6 Å². The number of benzene rings is 2. The van der Waals surface area contributed by atoms with E-state index in [0.29, 0.717) is 23.2 Å². The quantitative estimate of drug-likeness (QED) is 0.636. The molecule has 0 spiro atoms. The third-order valence-corrected chi connectivity index (χ3v) is 7.88. The Morgan fingerprint density at radius 2 is 1.81 bits per heavy atom. The number of aryl methyl sites for hydroxylation is 2. The summed E-state index contributed by atoms with van der Waals surface area (Å²) in [4.78, 5) is 25.4. The van der Waals surface area contributed by atoms with Gasteiger partial charge in [0.1, 0.15) is 5.58 Å². The number of rotatable bonds is 4. The molecule has 2 heterocycles. The van der Waals surface area contributed by atoms with Crippen LogP contribution >= 0.6 is 0 Å². The molecular weight excluding hydrogens is 428 g/mol. The van der Waals surface area contributed by atoms with Gasteiger partial charge in [0, 0.05) is 24.3 Å². The Hall–Kier alpha value is -2.97. The van der Waals surface area contributed by atoms with Gasteiger partial charge in [0.25, 0.3) is 5.91 Å². The van der Waals surface area contributed by atoms with Crippen LogP contribution < -0.4 is 10.7 Å². The van der Waals surface area contributed by atoms with Gasteiger partial charge < -0.3 is 9.73 Å². The smallest absolute Gasteiger partial charge is 0.291 e. The summed E-state index contributed by atoms with van der Waals surface area (Å²) < 4.78 is 33.1. The van der Waals surface area contributed by atoms with Gasteiger partial charge in [-0.3, -0.25) is 9.59 Å². The number of amides is 1. The second-order valence-corrected chi connectivity index (χ2v) is 10.3. The molecular formula is C24H26N2O5S. The van der Waals surface area contributed by atoms with E-state index in [0.717, 1.165) is 30.4 Å². The maximum Gasteiger partial charge on any atom is 0.291 e.